The smallest absolute Gasteiger partial charge is 0.410 e. The van der Waals surface area contributed by atoms with Gasteiger partial charge in [0, 0.05) is 44.8 Å². The number of hydrogen-bond acceptors (Lipinski definition) is 10. The minimum Gasteiger partial charge on any atom is -0.468 e. The number of rotatable bonds is 9. The van der Waals surface area contributed by atoms with Crippen LogP contribution in [-0.2, 0) is 20.6 Å². The van der Waals surface area contributed by atoms with Crippen LogP contribution in [0.15, 0.2) is 24.3 Å². The Labute approximate surface area is 310 Å². The second-order valence-corrected chi connectivity index (χ2v) is 15.9. The molecule has 3 aliphatic heterocycles. The lowest BCUT2D eigenvalue weighted by Crippen LogP contribution is -2.57. The zero-order chi connectivity index (χ0) is 37.3. The zero-order valence-electron chi connectivity index (χ0n) is 31.6. The Morgan fingerprint density at radius 1 is 1.00 bits per heavy atom. The number of carbonyl (C=O) groups is 1. The molecule has 0 saturated carbocycles. The summed E-state index contributed by atoms with van der Waals surface area (Å²) in [7, 11) is 3.25. The quantitative estimate of drug-likeness (QED) is 0.228. The van der Waals surface area contributed by atoms with Crippen molar-refractivity contribution in [2.75, 3.05) is 58.7 Å². The highest BCUT2D eigenvalue weighted by Gasteiger charge is 2.45. The van der Waals surface area contributed by atoms with E-state index in [1.165, 1.54) is 0 Å². The number of anilines is 1. The van der Waals surface area contributed by atoms with Crippen molar-refractivity contribution in [2.24, 2.45) is 5.92 Å². The molecular formula is C40H53F2N5O6. The first kappa shape index (κ1) is 37.5. The van der Waals surface area contributed by atoms with Gasteiger partial charge in [0.25, 0.3) is 0 Å². The number of aryl methyl sites for hydroxylation is 1. The van der Waals surface area contributed by atoms with E-state index in [1.54, 1.807) is 20.3 Å². The second-order valence-electron chi connectivity index (χ2n) is 15.9. The number of ether oxygens (including phenoxy) is 5. The summed E-state index contributed by atoms with van der Waals surface area (Å²) in [6, 6.07) is 7.40. The number of hydrogen-bond donors (Lipinski definition) is 1. The fourth-order valence-corrected chi connectivity index (χ4v) is 8.57. The van der Waals surface area contributed by atoms with E-state index in [2.05, 4.69) is 10.2 Å². The summed E-state index contributed by atoms with van der Waals surface area (Å²) in [5.74, 6) is 0.615. The van der Waals surface area contributed by atoms with Crippen molar-refractivity contribution in [1.29, 1.82) is 0 Å². The van der Waals surface area contributed by atoms with Crippen molar-refractivity contribution in [1.82, 2.24) is 20.2 Å². The number of carbonyl (C=O) groups excluding carboxylic acids is 1. The van der Waals surface area contributed by atoms with Crippen LogP contribution in [0.1, 0.15) is 82.9 Å². The normalized spacial score (nSPS) is 24.8. The van der Waals surface area contributed by atoms with E-state index < -0.39 is 17.6 Å². The van der Waals surface area contributed by atoms with Crippen LogP contribution in [0.5, 0.6) is 11.8 Å². The molecule has 2 aromatic carbocycles. The predicted molar refractivity (Wildman–Crippen MR) is 198 cm³/mol. The van der Waals surface area contributed by atoms with Gasteiger partial charge in [0.1, 0.15) is 28.9 Å². The fourth-order valence-electron chi connectivity index (χ4n) is 8.57. The molecule has 7 rings (SSSR count). The van der Waals surface area contributed by atoms with Crippen LogP contribution >= 0.6 is 0 Å². The first-order valence-corrected chi connectivity index (χ1v) is 19.1. The summed E-state index contributed by atoms with van der Waals surface area (Å²) in [6.07, 6.45) is 4.85. The highest BCUT2D eigenvalue weighted by atomic mass is 19.1. The van der Waals surface area contributed by atoms with Crippen molar-refractivity contribution in [2.45, 2.75) is 102 Å². The summed E-state index contributed by atoms with van der Waals surface area (Å²) < 4.78 is 61.0. The van der Waals surface area contributed by atoms with E-state index in [0.717, 1.165) is 62.6 Å². The van der Waals surface area contributed by atoms with Crippen molar-refractivity contribution < 1.29 is 37.3 Å². The number of alkyl halides is 1. The molecule has 53 heavy (non-hydrogen) atoms. The van der Waals surface area contributed by atoms with Gasteiger partial charge in [-0.1, -0.05) is 6.07 Å². The van der Waals surface area contributed by atoms with Gasteiger partial charge in [-0.15, -0.1) is 0 Å². The Kier molecular flexibility index (Phi) is 11.2. The number of piperazine rings is 1. The van der Waals surface area contributed by atoms with Gasteiger partial charge < -0.3 is 33.9 Å². The lowest BCUT2D eigenvalue weighted by Gasteiger charge is -2.42. The molecule has 11 nitrogen and oxygen atoms in total. The molecule has 3 saturated heterocycles. The molecule has 1 aliphatic carbocycles. The van der Waals surface area contributed by atoms with Crippen molar-refractivity contribution in [3.63, 3.8) is 0 Å². The number of fused-ring (bicyclic) bond motifs is 4. The van der Waals surface area contributed by atoms with Crippen LogP contribution in [0, 0.1) is 11.7 Å². The molecule has 1 aromatic heterocycles. The average molecular weight is 738 g/mol. The molecule has 3 fully saturated rings. The van der Waals surface area contributed by atoms with Gasteiger partial charge >= 0.3 is 12.1 Å². The van der Waals surface area contributed by atoms with E-state index in [0.29, 0.717) is 54.1 Å². The molecule has 288 valence electrons. The maximum Gasteiger partial charge on any atom is 0.410 e. The van der Waals surface area contributed by atoms with Gasteiger partial charge in [0.15, 0.2) is 12.6 Å². The summed E-state index contributed by atoms with van der Waals surface area (Å²) in [5, 5.41) is 3.70. The van der Waals surface area contributed by atoms with Crippen LogP contribution in [0.25, 0.3) is 22.0 Å². The van der Waals surface area contributed by atoms with Crippen molar-refractivity contribution in [3.8, 4) is 22.9 Å². The third kappa shape index (κ3) is 8.17. The maximum atomic E-state index is 17.3. The molecular weight excluding hydrogens is 684 g/mol. The summed E-state index contributed by atoms with van der Waals surface area (Å²) in [4.78, 5) is 26.9. The lowest BCUT2D eigenvalue weighted by molar-refractivity contribution is 0.0122. The summed E-state index contributed by atoms with van der Waals surface area (Å²) in [6.45, 7) is 7.99. The van der Waals surface area contributed by atoms with Crippen LogP contribution < -0.4 is 19.7 Å². The van der Waals surface area contributed by atoms with E-state index in [1.807, 2.05) is 43.9 Å². The number of aromatic nitrogens is 2. The molecule has 1 N–H and O–H groups in total. The number of nitrogens with one attached hydrogen (secondary N) is 1. The summed E-state index contributed by atoms with van der Waals surface area (Å²) in [5.41, 5.74) is 2.59. The standard InChI is InChI=1S/C40H53F2N5O6/c1-40(2,3)53-39(48)47-27-11-12-28(47)21-46(20-27)37-31-14-13-30(32-18-29(52-23-49-4)17-25-9-6-10-33(50-5)34(25)32)35(42)36(31)44-38(45-37)51-22-24-8-7-15-43-19-26(41)16-24/h13-14,17-18,24,26-28,33,43H,6-12,15-16,19-23H2,1-5H3/t24-,26-,27?,28?,33?/m1/s1. The van der Waals surface area contributed by atoms with Crippen molar-refractivity contribution >= 4 is 22.8 Å². The molecule has 3 aromatic rings. The molecule has 1 amide bonds. The molecule has 5 atom stereocenters. The van der Waals surface area contributed by atoms with Gasteiger partial charge in [-0.25, -0.2) is 13.6 Å². The molecule has 3 unspecified atom stereocenters. The third-order valence-corrected chi connectivity index (χ3v) is 10.9. The van der Waals surface area contributed by atoms with Gasteiger partial charge in [0.05, 0.1) is 24.8 Å². The largest absolute Gasteiger partial charge is 0.468 e. The SMILES string of the molecule is COCOc1cc2c(c(-c3ccc4c(N5CC6CCC(C5)N6C(=O)OC(C)(C)C)nc(OC[C@@H]5CCCNC[C@H](F)C5)nc4c3F)c1)C(OC)CCC2. The van der Waals surface area contributed by atoms with E-state index >= 15 is 4.39 Å². The van der Waals surface area contributed by atoms with Crippen LogP contribution in [0.2, 0.25) is 0 Å². The minimum absolute atomic E-state index is 0.0217. The monoisotopic (exact) mass is 737 g/mol. The fraction of sp³-hybridized carbons (Fsp3) is 0.625. The highest BCUT2D eigenvalue weighted by molar-refractivity contribution is 5.94. The Hall–Kier alpha value is -3.81. The first-order valence-electron chi connectivity index (χ1n) is 19.1. The number of methoxy groups -OCH3 is 2. The third-order valence-electron chi connectivity index (χ3n) is 10.9. The maximum absolute atomic E-state index is 17.3. The van der Waals surface area contributed by atoms with Gasteiger partial charge in [0.2, 0.25) is 0 Å². The predicted octanol–water partition coefficient (Wildman–Crippen LogP) is 7.14. The first-order chi connectivity index (χ1) is 25.5. The average Bonchev–Trinajstić information content (AvgIpc) is 3.39. The number of benzene rings is 2. The Morgan fingerprint density at radius 2 is 1.79 bits per heavy atom. The molecule has 0 radical (unpaired) electrons. The lowest BCUT2D eigenvalue weighted by atomic mass is 9.83. The Bertz CT molecular complexity index is 1770. The van der Waals surface area contributed by atoms with Gasteiger partial charge in [-0.2, -0.15) is 9.97 Å². The van der Waals surface area contributed by atoms with Gasteiger partial charge in [-0.3, -0.25) is 4.90 Å². The zero-order valence-corrected chi connectivity index (χ0v) is 31.6. The molecule has 4 heterocycles. The second kappa shape index (κ2) is 15.9. The Morgan fingerprint density at radius 3 is 2.53 bits per heavy atom. The number of halogens is 2. The topological polar surface area (TPSA) is 108 Å². The van der Waals surface area contributed by atoms with Crippen LogP contribution in [0.4, 0.5) is 19.4 Å². The van der Waals surface area contributed by atoms with E-state index in [9.17, 15) is 9.18 Å². The number of nitrogens with zero attached hydrogens (tertiary/aromatic N) is 4. The molecule has 4 aliphatic rings. The minimum atomic E-state index is -0.973. The molecule has 0 spiro atoms. The van der Waals surface area contributed by atoms with Crippen LogP contribution in [-0.4, -0.2) is 98.6 Å². The summed E-state index contributed by atoms with van der Waals surface area (Å²) >= 11 is 0. The number of amides is 1. The molecule has 13 heteroatoms. The van der Waals surface area contributed by atoms with Crippen molar-refractivity contribution in [3.05, 3.63) is 41.2 Å². The highest BCUT2D eigenvalue weighted by Crippen LogP contribution is 2.44. The van der Waals surface area contributed by atoms with E-state index in [4.69, 9.17) is 33.7 Å². The Balaban J connectivity index is 1.29. The molecule has 2 bridgehead atoms. The van der Waals surface area contributed by atoms with E-state index in [-0.39, 0.29) is 55.1 Å². The van der Waals surface area contributed by atoms with Crippen LogP contribution in [0.3, 0.4) is 0 Å². The van der Waals surface area contributed by atoms with Gasteiger partial charge in [-0.05, 0) is 119 Å².